The summed E-state index contributed by atoms with van der Waals surface area (Å²) in [6.07, 6.45) is 3.47. The first kappa shape index (κ1) is 6.38. The Balaban J connectivity index is 2.30. The third kappa shape index (κ3) is 0.976. The Hall–Kier alpha value is -0.340. The van der Waals surface area contributed by atoms with Crippen molar-refractivity contribution in [1.82, 2.24) is 0 Å². The normalized spacial score (nSPS) is 24.3. The fourth-order valence-electron chi connectivity index (χ4n) is 1.47. The van der Waals surface area contributed by atoms with E-state index in [-0.39, 0.29) is 0 Å². The van der Waals surface area contributed by atoms with Gasteiger partial charge in [-0.15, -0.1) is 11.3 Å². The van der Waals surface area contributed by atoms with Gasteiger partial charge in [0.05, 0.1) is 0 Å². The van der Waals surface area contributed by atoms with Gasteiger partial charge < -0.3 is 5.73 Å². The monoisotopic (exact) mass is 153 g/mol. The first-order valence-electron chi connectivity index (χ1n) is 3.67. The molecule has 0 aliphatic heterocycles. The van der Waals surface area contributed by atoms with Crippen LogP contribution in [0.5, 0.6) is 0 Å². The van der Waals surface area contributed by atoms with Crippen LogP contribution in [0.4, 0.5) is 0 Å². The molecule has 2 N–H and O–H groups in total. The van der Waals surface area contributed by atoms with Gasteiger partial charge in [0.15, 0.2) is 0 Å². The standard InChI is InChI=1S/C8H11NS/c9-7-1-2-8-6(5-7)3-4-10-8/h3-4,7H,1-2,5,9H2/t7-/m1/s1. The molecule has 0 aromatic carbocycles. The zero-order valence-corrected chi connectivity index (χ0v) is 6.66. The highest BCUT2D eigenvalue weighted by atomic mass is 32.1. The molecule has 0 saturated heterocycles. The molecule has 1 aromatic rings. The van der Waals surface area contributed by atoms with Crippen LogP contribution in [0.1, 0.15) is 16.9 Å². The molecule has 0 bridgehead atoms. The van der Waals surface area contributed by atoms with E-state index in [1.54, 1.807) is 4.88 Å². The summed E-state index contributed by atoms with van der Waals surface area (Å²) < 4.78 is 0. The summed E-state index contributed by atoms with van der Waals surface area (Å²) in [5.74, 6) is 0. The molecule has 2 rings (SSSR count). The van der Waals surface area contributed by atoms with E-state index in [1.807, 2.05) is 11.3 Å². The molecule has 1 aliphatic carbocycles. The van der Waals surface area contributed by atoms with Gasteiger partial charge in [-0.3, -0.25) is 0 Å². The summed E-state index contributed by atoms with van der Waals surface area (Å²) in [5.41, 5.74) is 7.30. The molecular formula is C8H11NS. The fourth-order valence-corrected chi connectivity index (χ4v) is 2.40. The summed E-state index contributed by atoms with van der Waals surface area (Å²) in [6, 6.07) is 2.63. The Bertz CT molecular complexity index is 229. The molecule has 0 unspecified atom stereocenters. The van der Waals surface area contributed by atoms with Gasteiger partial charge in [0.25, 0.3) is 0 Å². The second-order valence-corrected chi connectivity index (χ2v) is 3.87. The smallest absolute Gasteiger partial charge is 0.00831 e. The van der Waals surface area contributed by atoms with E-state index in [0.717, 1.165) is 6.42 Å². The number of nitrogens with two attached hydrogens (primary N) is 1. The van der Waals surface area contributed by atoms with E-state index in [0.29, 0.717) is 6.04 Å². The van der Waals surface area contributed by atoms with Crippen LogP contribution >= 0.6 is 11.3 Å². The topological polar surface area (TPSA) is 26.0 Å². The number of thiophene rings is 1. The molecule has 1 aliphatic rings. The Kier molecular flexibility index (Phi) is 1.51. The average Bonchev–Trinajstić information content (AvgIpc) is 2.33. The highest BCUT2D eigenvalue weighted by Gasteiger charge is 2.15. The van der Waals surface area contributed by atoms with Gasteiger partial charge in [-0.25, -0.2) is 0 Å². The van der Waals surface area contributed by atoms with Crippen LogP contribution < -0.4 is 5.73 Å². The number of hydrogen-bond acceptors (Lipinski definition) is 2. The molecule has 0 spiro atoms. The zero-order chi connectivity index (χ0) is 6.97. The second kappa shape index (κ2) is 2.36. The first-order valence-corrected chi connectivity index (χ1v) is 4.55. The van der Waals surface area contributed by atoms with Crippen molar-refractivity contribution < 1.29 is 0 Å². The lowest BCUT2D eigenvalue weighted by atomic mass is 9.95. The summed E-state index contributed by atoms with van der Waals surface area (Å²) >= 11 is 1.87. The van der Waals surface area contributed by atoms with Crippen LogP contribution in [0.2, 0.25) is 0 Å². The van der Waals surface area contributed by atoms with E-state index in [4.69, 9.17) is 5.73 Å². The Morgan fingerprint density at radius 2 is 2.50 bits per heavy atom. The lowest BCUT2D eigenvalue weighted by Gasteiger charge is -2.17. The molecule has 1 aromatic heterocycles. The van der Waals surface area contributed by atoms with Gasteiger partial charge in [-0.1, -0.05) is 0 Å². The minimum absolute atomic E-state index is 0.419. The SMILES string of the molecule is N[C@@H]1CCc2sccc2C1. The second-order valence-electron chi connectivity index (χ2n) is 2.87. The fraction of sp³-hybridized carbons (Fsp3) is 0.500. The van der Waals surface area contributed by atoms with Gasteiger partial charge in [0, 0.05) is 10.9 Å². The predicted molar refractivity (Wildman–Crippen MR) is 44.3 cm³/mol. The van der Waals surface area contributed by atoms with E-state index in [2.05, 4.69) is 11.4 Å². The average molecular weight is 153 g/mol. The first-order chi connectivity index (χ1) is 4.86. The number of hydrogen-bond donors (Lipinski definition) is 1. The van der Waals surface area contributed by atoms with E-state index in [9.17, 15) is 0 Å². The van der Waals surface area contributed by atoms with Crippen LogP contribution in [0.25, 0.3) is 0 Å². The molecule has 2 heteroatoms. The molecule has 1 atom stereocenters. The van der Waals surface area contributed by atoms with Gasteiger partial charge in [0.1, 0.15) is 0 Å². The number of rotatable bonds is 0. The largest absolute Gasteiger partial charge is 0.327 e. The Morgan fingerprint density at radius 1 is 1.60 bits per heavy atom. The van der Waals surface area contributed by atoms with E-state index < -0.39 is 0 Å². The van der Waals surface area contributed by atoms with Gasteiger partial charge >= 0.3 is 0 Å². The van der Waals surface area contributed by atoms with Crippen molar-refractivity contribution in [3.8, 4) is 0 Å². The molecule has 0 radical (unpaired) electrons. The van der Waals surface area contributed by atoms with Crippen LogP contribution in [0.15, 0.2) is 11.4 Å². The Morgan fingerprint density at radius 3 is 3.40 bits per heavy atom. The maximum atomic E-state index is 5.81. The minimum Gasteiger partial charge on any atom is -0.327 e. The summed E-state index contributed by atoms with van der Waals surface area (Å²) in [6.45, 7) is 0. The highest BCUT2D eigenvalue weighted by Crippen LogP contribution is 2.24. The van der Waals surface area contributed by atoms with Gasteiger partial charge in [0.2, 0.25) is 0 Å². The number of fused-ring (bicyclic) bond motifs is 1. The molecular weight excluding hydrogens is 142 g/mol. The molecule has 1 heterocycles. The summed E-state index contributed by atoms with van der Waals surface area (Å²) in [7, 11) is 0. The molecule has 54 valence electrons. The van der Waals surface area contributed by atoms with Gasteiger partial charge in [-0.2, -0.15) is 0 Å². The van der Waals surface area contributed by atoms with Crippen LogP contribution in [0, 0.1) is 0 Å². The minimum atomic E-state index is 0.419. The zero-order valence-electron chi connectivity index (χ0n) is 5.84. The van der Waals surface area contributed by atoms with Crippen LogP contribution in [-0.4, -0.2) is 6.04 Å². The van der Waals surface area contributed by atoms with Crippen LogP contribution in [-0.2, 0) is 12.8 Å². The maximum Gasteiger partial charge on any atom is 0.00831 e. The maximum absolute atomic E-state index is 5.81. The lowest BCUT2D eigenvalue weighted by Crippen LogP contribution is -2.26. The molecule has 0 amide bonds. The van der Waals surface area contributed by atoms with Crippen molar-refractivity contribution >= 4 is 11.3 Å². The molecule has 0 saturated carbocycles. The summed E-state index contributed by atoms with van der Waals surface area (Å²) in [4.78, 5) is 1.56. The lowest BCUT2D eigenvalue weighted by molar-refractivity contribution is 0.583. The quantitative estimate of drug-likeness (QED) is 0.601. The van der Waals surface area contributed by atoms with Crippen molar-refractivity contribution in [2.75, 3.05) is 0 Å². The third-order valence-corrected chi connectivity index (χ3v) is 3.08. The van der Waals surface area contributed by atoms with Crippen molar-refractivity contribution in [2.45, 2.75) is 25.3 Å². The van der Waals surface area contributed by atoms with Gasteiger partial charge in [-0.05, 0) is 36.3 Å². The van der Waals surface area contributed by atoms with E-state index in [1.165, 1.54) is 18.4 Å². The predicted octanol–water partition coefficient (Wildman–Crippen LogP) is 1.56. The third-order valence-electron chi connectivity index (χ3n) is 2.06. The van der Waals surface area contributed by atoms with Crippen molar-refractivity contribution in [3.63, 3.8) is 0 Å². The van der Waals surface area contributed by atoms with Crippen molar-refractivity contribution in [2.24, 2.45) is 5.73 Å². The van der Waals surface area contributed by atoms with Crippen molar-refractivity contribution in [3.05, 3.63) is 21.9 Å². The molecule has 10 heavy (non-hydrogen) atoms. The van der Waals surface area contributed by atoms with Crippen LogP contribution in [0.3, 0.4) is 0 Å². The van der Waals surface area contributed by atoms with Crippen molar-refractivity contribution in [1.29, 1.82) is 0 Å². The van der Waals surface area contributed by atoms with E-state index >= 15 is 0 Å². The number of aryl methyl sites for hydroxylation is 1. The molecule has 1 nitrogen and oxygen atoms in total. The molecule has 0 fully saturated rings. The highest BCUT2D eigenvalue weighted by molar-refractivity contribution is 7.10. The summed E-state index contributed by atoms with van der Waals surface area (Å²) in [5, 5.41) is 2.17. The Labute approximate surface area is 64.9 Å².